The standard InChI is InChI=1S/C27H24N4O6S/c32-23(18-14-31(13-15-6-2-1-3-7-15)20-9-5-4-8-16(18)20)29-12-19-22-17(10-11-28-19)21(26(34)35)25(38-22)30-24(33)27(36)37/h1-9,14,19,28H,10-13H2,(H,29,32)(H,30,33)(H,34,35)(H,36,37)/t19-/m1/s1. The Hall–Kier alpha value is -4.48. The zero-order valence-corrected chi connectivity index (χ0v) is 20.9. The van der Waals surface area contributed by atoms with Crippen LogP contribution in [0.15, 0.2) is 60.8 Å². The van der Waals surface area contributed by atoms with Crippen LogP contribution in [0.4, 0.5) is 5.00 Å². The Morgan fingerprint density at radius 2 is 1.76 bits per heavy atom. The van der Waals surface area contributed by atoms with Gasteiger partial charge in [-0.1, -0.05) is 48.5 Å². The van der Waals surface area contributed by atoms with E-state index in [1.807, 2.05) is 65.4 Å². The van der Waals surface area contributed by atoms with Gasteiger partial charge in [0.2, 0.25) is 0 Å². The second kappa shape index (κ2) is 10.5. The number of amides is 2. The Morgan fingerprint density at radius 3 is 2.50 bits per heavy atom. The maximum atomic E-state index is 13.3. The molecule has 0 saturated heterocycles. The van der Waals surface area contributed by atoms with E-state index in [9.17, 15) is 24.3 Å². The number of para-hydroxylation sites is 1. The second-order valence-corrected chi connectivity index (χ2v) is 9.91. The largest absolute Gasteiger partial charge is 0.478 e. The molecule has 0 spiro atoms. The minimum absolute atomic E-state index is 0.0288. The van der Waals surface area contributed by atoms with Crippen molar-refractivity contribution in [1.82, 2.24) is 15.2 Å². The van der Waals surface area contributed by atoms with Crippen molar-refractivity contribution in [2.24, 2.45) is 0 Å². The van der Waals surface area contributed by atoms with Crippen LogP contribution in [-0.2, 0) is 22.6 Å². The third-order valence-corrected chi connectivity index (χ3v) is 7.71. The normalized spacial score (nSPS) is 14.6. The highest BCUT2D eigenvalue weighted by Gasteiger charge is 2.32. The van der Waals surface area contributed by atoms with Crippen LogP contribution in [0.5, 0.6) is 0 Å². The summed E-state index contributed by atoms with van der Waals surface area (Å²) in [5.74, 6) is -4.53. The first-order chi connectivity index (χ1) is 18.3. The van der Waals surface area contributed by atoms with Crippen LogP contribution < -0.4 is 16.0 Å². The van der Waals surface area contributed by atoms with Gasteiger partial charge in [0.15, 0.2) is 0 Å². The number of fused-ring (bicyclic) bond motifs is 2. The van der Waals surface area contributed by atoms with Gasteiger partial charge < -0.3 is 30.7 Å². The summed E-state index contributed by atoms with van der Waals surface area (Å²) in [5, 5.41) is 27.9. The molecule has 0 unspecified atom stereocenters. The lowest BCUT2D eigenvalue weighted by Crippen LogP contribution is -2.38. The summed E-state index contributed by atoms with van der Waals surface area (Å²) in [6.45, 7) is 1.25. The molecule has 194 valence electrons. The molecule has 10 nitrogen and oxygen atoms in total. The van der Waals surface area contributed by atoms with Gasteiger partial charge in [0.05, 0.1) is 17.2 Å². The zero-order valence-electron chi connectivity index (χ0n) is 20.1. The maximum absolute atomic E-state index is 13.3. The highest BCUT2D eigenvalue weighted by Crippen LogP contribution is 2.39. The summed E-state index contributed by atoms with van der Waals surface area (Å²) in [6, 6.07) is 17.2. The molecule has 0 fully saturated rings. The Labute approximate surface area is 220 Å². The predicted molar refractivity (Wildman–Crippen MR) is 142 cm³/mol. The molecule has 2 amide bonds. The van der Waals surface area contributed by atoms with Crippen LogP contribution in [0, 0.1) is 0 Å². The predicted octanol–water partition coefficient (Wildman–Crippen LogP) is 3.09. The molecule has 0 radical (unpaired) electrons. The van der Waals surface area contributed by atoms with Crippen molar-refractivity contribution >= 4 is 51.0 Å². The first kappa shape index (κ1) is 25.2. The number of carboxylic acids is 2. The molecule has 0 saturated carbocycles. The molecule has 2 aromatic heterocycles. The Bertz CT molecular complexity index is 1560. The van der Waals surface area contributed by atoms with Crippen molar-refractivity contribution in [2.45, 2.75) is 19.0 Å². The topological polar surface area (TPSA) is 150 Å². The number of carboxylic acid groups (broad SMARTS) is 2. The molecule has 0 bridgehead atoms. The van der Waals surface area contributed by atoms with Gasteiger partial charge in [0.25, 0.3) is 5.91 Å². The molecular weight excluding hydrogens is 508 g/mol. The quantitative estimate of drug-likeness (QED) is 0.230. The van der Waals surface area contributed by atoms with Crippen LogP contribution in [0.2, 0.25) is 0 Å². The minimum atomic E-state index is -1.71. The summed E-state index contributed by atoms with van der Waals surface area (Å²) in [6.07, 6.45) is 2.23. The second-order valence-electron chi connectivity index (χ2n) is 8.85. The molecule has 1 aliphatic heterocycles. The van der Waals surface area contributed by atoms with Gasteiger partial charge in [-0.15, -0.1) is 11.3 Å². The number of aromatic nitrogens is 1. The van der Waals surface area contributed by atoms with E-state index in [2.05, 4.69) is 16.0 Å². The van der Waals surface area contributed by atoms with Gasteiger partial charge >= 0.3 is 17.8 Å². The third kappa shape index (κ3) is 4.89. The summed E-state index contributed by atoms with van der Waals surface area (Å²) in [4.78, 5) is 48.6. The number of hydrogen-bond donors (Lipinski definition) is 5. The van der Waals surface area contributed by atoms with E-state index in [0.29, 0.717) is 35.5 Å². The van der Waals surface area contributed by atoms with E-state index in [1.165, 1.54) is 0 Å². The number of anilines is 1. The Balaban J connectivity index is 1.38. The number of aromatic carboxylic acids is 1. The molecule has 5 N–H and O–H groups in total. The molecule has 5 rings (SSSR count). The van der Waals surface area contributed by atoms with Crippen molar-refractivity contribution in [3.8, 4) is 0 Å². The zero-order chi connectivity index (χ0) is 26.8. The number of rotatable bonds is 7. The van der Waals surface area contributed by atoms with E-state index >= 15 is 0 Å². The fourth-order valence-electron chi connectivity index (χ4n) is 4.74. The SMILES string of the molecule is O=C(O)C(=O)Nc1sc2c(c1C(=O)O)CCN[C@@H]2CNC(=O)c1cn(Cc2ccccc2)c2ccccc12. The van der Waals surface area contributed by atoms with Crippen molar-refractivity contribution in [1.29, 1.82) is 0 Å². The van der Waals surface area contributed by atoms with Crippen LogP contribution >= 0.6 is 11.3 Å². The highest BCUT2D eigenvalue weighted by atomic mass is 32.1. The lowest BCUT2D eigenvalue weighted by Gasteiger charge is -2.24. The van der Waals surface area contributed by atoms with Gasteiger partial charge in [-0.2, -0.15) is 0 Å². The molecule has 2 aromatic carbocycles. The molecule has 1 atom stereocenters. The molecule has 4 aromatic rings. The molecule has 3 heterocycles. The van der Waals surface area contributed by atoms with Crippen LogP contribution in [-0.4, -0.2) is 51.6 Å². The van der Waals surface area contributed by atoms with Crippen LogP contribution in [0.3, 0.4) is 0 Å². The van der Waals surface area contributed by atoms with Gasteiger partial charge in [-0.05, 0) is 30.2 Å². The third-order valence-electron chi connectivity index (χ3n) is 6.45. The van der Waals surface area contributed by atoms with Crippen molar-refractivity contribution in [3.05, 3.63) is 87.9 Å². The molecule has 1 aliphatic rings. The Morgan fingerprint density at radius 1 is 1.03 bits per heavy atom. The van der Waals surface area contributed by atoms with Crippen molar-refractivity contribution in [2.75, 3.05) is 18.4 Å². The number of aliphatic carboxylic acids is 1. The number of carbonyl (C=O) groups is 4. The number of benzene rings is 2. The average molecular weight is 533 g/mol. The number of hydrogen-bond acceptors (Lipinski definition) is 6. The molecule has 0 aliphatic carbocycles. The summed E-state index contributed by atoms with van der Waals surface area (Å²) < 4.78 is 2.03. The van der Waals surface area contributed by atoms with E-state index < -0.39 is 23.9 Å². The average Bonchev–Trinajstić information content (AvgIpc) is 3.46. The van der Waals surface area contributed by atoms with Crippen molar-refractivity contribution < 1.29 is 29.4 Å². The first-order valence-electron chi connectivity index (χ1n) is 11.9. The van der Waals surface area contributed by atoms with E-state index in [4.69, 9.17) is 5.11 Å². The van der Waals surface area contributed by atoms with Gasteiger partial charge in [-0.3, -0.25) is 9.59 Å². The van der Waals surface area contributed by atoms with E-state index in [1.54, 1.807) is 0 Å². The maximum Gasteiger partial charge on any atom is 0.394 e. The number of thiophene rings is 1. The number of carbonyl (C=O) groups excluding carboxylic acids is 2. The fourth-order valence-corrected chi connectivity index (χ4v) is 6.05. The molecular formula is C27H24N4O6S. The van der Waals surface area contributed by atoms with Crippen molar-refractivity contribution in [3.63, 3.8) is 0 Å². The van der Waals surface area contributed by atoms with Crippen LogP contribution in [0.1, 0.15) is 42.8 Å². The lowest BCUT2D eigenvalue weighted by molar-refractivity contribution is -0.147. The Kier molecular flexibility index (Phi) is 6.95. The minimum Gasteiger partial charge on any atom is -0.478 e. The summed E-state index contributed by atoms with van der Waals surface area (Å²) in [5.41, 5.74) is 2.99. The number of nitrogens with one attached hydrogen (secondary N) is 3. The smallest absolute Gasteiger partial charge is 0.394 e. The molecule has 38 heavy (non-hydrogen) atoms. The summed E-state index contributed by atoms with van der Waals surface area (Å²) in [7, 11) is 0. The first-order valence-corrected chi connectivity index (χ1v) is 12.7. The van der Waals surface area contributed by atoms with Crippen LogP contribution in [0.25, 0.3) is 10.9 Å². The highest BCUT2D eigenvalue weighted by molar-refractivity contribution is 7.17. The fraction of sp³-hybridized carbons (Fsp3) is 0.185. The van der Waals surface area contributed by atoms with Gasteiger partial charge in [-0.25, -0.2) is 9.59 Å². The lowest BCUT2D eigenvalue weighted by atomic mass is 9.99. The van der Waals surface area contributed by atoms with Gasteiger partial charge in [0, 0.05) is 35.1 Å². The number of nitrogens with zero attached hydrogens (tertiary/aromatic N) is 1. The van der Waals surface area contributed by atoms with E-state index in [-0.39, 0.29) is 23.0 Å². The van der Waals surface area contributed by atoms with E-state index in [0.717, 1.165) is 27.8 Å². The van der Waals surface area contributed by atoms with Gasteiger partial charge in [0.1, 0.15) is 5.00 Å². The monoisotopic (exact) mass is 532 g/mol. The summed E-state index contributed by atoms with van der Waals surface area (Å²) >= 11 is 1.01. The molecule has 11 heteroatoms.